The van der Waals surface area contributed by atoms with Gasteiger partial charge in [-0.1, -0.05) is 12.1 Å². The van der Waals surface area contributed by atoms with Gasteiger partial charge < -0.3 is 5.32 Å². The van der Waals surface area contributed by atoms with Gasteiger partial charge in [-0.3, -0.25) is 4.68 Å². The number of hydrogen-bond donors (Lipinski definition) is 1. The van der Waals surface area contributed by atoms with E-state index in [9.17, 15) is 0 Å². The van der Waals surface area contributed by atoms with Crippen molar-refractivity contribution in [1.29, 1.82) is 0 Å². The van der Waals surface area contributed by atoms with Crippen LogP contribution in [0, 0.1) is 0 Å². The molecule has 0 atom stereocenters. The maximum atomic E-state index is 4.35. The van der Waals surface area contributed by atoms with Gasteiger partial charge in [0.25, 0.3) is 0 Å². The normalized spacial score (nSPS) is 11.0. The van der Waals surface area contributed by atoms with Crippen LogP contribution in [0.4, 0.5) is 0 Å². The molecule has 0 fully saturated rings. The SMILES string of the molecule is CCn1ncc2c(CNC)cccc21. The van der Waals surface area contributed by atoms with Crippen LogP contribution in [0.25, 0.3) is 10.9 Å². The lowest BCUT2D eigenvalue weighted by Crippen LogP contribution is -2.05. The van der Waals surface area contributed by atoms with Crippen molar-refractivity contribution in [3.05, 3.63) is 30.0 Å². The Morgan fingerprint density at radius 3 is 3.00 bits per heavy atom. The molecular formula is C11H15N3. The number of rotatable bonds is 3. The van der Waals surface area contributed by atoms with Crippen LogP contribution in [0.3, 0.4) is 0 Å². The number of aromatic nitrogens is 2. The Hall–Kier alpha value is -1.35. The highest BCUT2D eigenvalue weighted by molar-refractivity contribution is 5.82. The van der Waals surface area contributed by atoms with Crippen molar-refractivity contribution in [2.75, 3.05) is 7.05 Å². The van der Waals surface area contributed by atoms with Gasteiger partial charge in [-0.05, 0) is 25.6 Å². The van der Waals surface area contributed by atoms with Crippen LogP contribution >= 0.6 is 0 Å². The fourth-order valence-corrected chi connectivity index (χ4v) is 1.76. The van der Waals surface area contributed by atoms with Crippen LogP contribution < -0.4 is 5.32 Å². The minimum Gasteiger partial charge on any atom is -0.316 e. The fourth-order valence-electron chi connectivity index (χ4n) is 1.76. The minimum atomic E-state index is 0.896. The largest absolute Gasteiger partial charge is 0.316 e. The van der Waals surface area contributed by atoms with E-state index in [0.717, 1.165) is 13.1 Å². The Labute approximate surface area is 83.7 Å². The second kappa shape index (κ2) is 3.80. The highest BCUT2D eigenvalue weighted by atomic mass is 15.3. The van der Waals surface area contributed by atoms with E-state index in [1.807, 2.05) is 17.9 Å². The van der Waals surface area contributed by atoms with Crippen molar-refractivity contribution in [3.8, 4) is 0 Å². The van der Waals surface area contributed by atoms with Crippen molar-refractivity contribution in [2.24, 2.45) is 0 Å². The average Bonchev–Trinajstić information content (AvgIpc) is 2.62. The molecule has 1 aromatic heterocycles. The molecule has 0 aliphatic carbocycles. The van der Waals surface area contributed by atoms with Gasteiger partial charge in [0, 0.05) is 18.5 Å². The monoisotopic (exact) mass is 189 g/mol. The number of aryl methyl sites for hydroxylation is 1. The third-order valence-corrected chi connectivity index (χ3v) is 2.44. The molecule has 1 heterocycles. The first-order chi connectivity index (χ1) is 6.86. The lowest BCUT2D eigenvalue weighted by Gasteiger charge is -2.02. The van der Waals surface area contributed by atoms with E-state index in [1.54, 1.807) is 0 Å². The van der Waals surface area contributed by atoms with Gasteiger partial charge in [0.1, 0.15) is 0 Å². The summed E-state index contributed by atoms with van der Waals surface area (Å²) < 4.78 is 2.02. The molecule has 0 aliphatic heterocycles. The van der Waals surface area contributed by atoms with Crippen LogP contribution in [-0.2, 0) is 13.1 Å². The van der Waals surface area contributed by atoms with E-state index in [1.165, 1.54) is 16.5 Å². The second-order valence-corrected chi connectivity index (χ2v) is 3.34. The zero-order valence-electron chi connectivity index (χ0n) is 8.62. The fraction of sp³-hybridized carbons (Fsp3) is 0.364. The summed E-state index contributed by atoms with van der Waals surface area (Å²) in [4.78, 5) is 0. The van der Waals surface area contributed by atoms with E-state index >= 15 is 0 Å². The molecule has 74 valence electrons. The summed E-state index contributed by atoms with van der Waals surface area (Å²) in [5.74, 6) is 0. The highest BCUT2D eigenvalue weighted by Gasteiger charge is 2.04. The summed E-state index contributed by atoms with van der Waals surface area (Å²) in [6.07, 6.45) is 1.95. The molecule has 2 aromatic rings. The number of benzene rings is 1. The number of hydrogen-bond acceptors (Lipinski definition) is 2. The topological polar surface area (TPSA) is 29.9 Å². The maximum Gasteiger partial charge on any atom is 0.0685 e. The first-order valence-electron chi connectivity index (χ1n) is 4.94. The lowest BCUT2D eigenvalue weighted by molar-refractivity contribution is 0.684. The smallest absolute Gasteiger partial charge is 0.0685 e. The molecule has 3 nitrogen and oxygen atoms in total. The Morgan fingerprint density at radius 2 is 2.29 bits per heavy atom. The van der Waals surface area contributed by atoms with Crippen LogP contribution in [0.1, 0.15) is 12.5 Å². The van der Waals surface area contributed by atoms with Crippen molar-refractivity contribution in [1.82, 2.24) is 15.1 Å². The predicted molar refractivity (Wildman–Crippen MR) is 58.2 cm³/mol. The summed E-state index contributed by atoms with van der Waals surface area (Å²) in [5, 5.41) is 8.77. The molecule has 0 aliphatic rings. The Morgan fingerprint density at radius 1 is 1.43 bits per heavy atom. The molecule has 14 heavy (non-hydrogen) atoms. The van der Waals surface area contributed by atoms with Crippen LogP contribution in [0.15, 0.2) is 24.4 Å². The molecule has 0 unspecified atom stereocenters. The Balaban J connectivity index is 2.58. The van der Waals surface area contributed by atoms with Gasteiger partial charge in [0.15, 0.2) is 0 Å². The predicted octanol–water partition coefficient (Wildman–Crippen LogP) is 1.78. The van der Waals surface area contributed by atoms with E-state index in [2.05, 4.69) is 35.5 Å². The molecule has 0 radical (unpaired) electrons. The number of fused-ring (bicyclic) bond motifs is 1. The molecule has 2 rings (SSSR count). The van der Waals surface area contributed by atoms with Crippen molar-refractivity contribution < 1.29 is 0 Å². The van der Waals surface area contributed by atoms with Crippen LogP contribution in [-0.4, -0.2) is 16.8 Å². The molecule has 0 saturated heterocycles. The molecule has 0 bridgehead atoms. The summed E-state index contributed by atoms with van der Waals surface area (Å²) in [5.41, 5.74) is 2.53. The van der Waals surface area contributed by atoms with Gasteiger partial charge in [-0.25, -0.2) is 0 Å². The second-order valence-electron chi connectivity index (χ2n) is 3.34. The lowest BCUT2D eigenvalue weighted by atomic mass is 10.1. The number of nitrogens with one attached hydrogen (secondary N) is 1. The first kappa shape index (κ1) is 9.21. The minimum absolute atomic E-state index is 0.896. The quantitative estimate of drug-likeness (QED) is 0.797. The highest BCUT2D eigenvalue weighted by Crippen LogP contribution is 2.18. The molecule has 1 aromatic carbocycles. The summed E-state index contributed by atoms with van der Waals surface area (Å²) in [6.45, 7) is 3.93. The Bertz CT molecular complexity index is 431. The molecule has 0 saturated carbocycles. The zero-order valence-corrected chi connectivity index (χ0v) is 8.62. The van der Waals surface area contributed by atoms with Gasteiger partial charge in [-0.15, -0.1) is 0 Å². The van der Waals surface area contributed by atoms with E-state index in [4.69, 9.17) is 0 Å². The molecule has 1 N–H and O–H groups in total. The van der Waals surface area contributed by atoms with Crippen LogP contribution in [0.2, 0.25) is 0 Å². The van der Waals surface area contributed by atoms with Gasteiger partial charge in [0.05, 0.1) is 11.7 Å². The van der Waals surface area contributed by atoms with Crippen LogP contribution in [0.5, 0.6) is 0 Å². The van der Waals surface area contributed by atoms with E-state index < -0.39 is 0 Å². The molecular weight excluding hydrogens is 174 g/mol. The molecule has 3 heteroatoms. The van der Waals surface area contributed by atoms with Crippen molar-refractivity contribution >= 4 is 10.9 Å². The average molecular weight is 189 g/mol. The van der Waals surface area contributed by atoms with E-state index in [0.29, 0.717) is 0 Å². The third kappa shape index (κ3) is 1.40. The van der Waals surface area contributed by atoms with E-state index in [-0.39, 0.29) is 0 Å². The molecule has 0 spiro atoms. The standard InChI is InChI=1S/C11H15N3/c1-3-14-11-6-4-5-9(7-12-2)10(11)8-13-14/h4-6,8,12H,3,7H2,1-2H3. The van der Waals surface area contributed by atoms with Gasteiger partial charge in [0.2, 0.25) is 0 Å². The molecule has 0 amide bonds. The number of nitrogens with zero attached hydrogens (tertiary/aromatic N) is 2. The summed E-state index contributed by atoms with van der Waals surface area (Å²) in [7, 11) is 1.96. The Kier molecular flexibility index (Phi) is 2.50. The van der Waals surface area contributed by atoms with Crippen molar-refractivity contribution in [2.45, 2.75) is 20.0 Å². The van der Waals surface area contributed by atoms with Gasteiger partial charge in [-0.2, -0.15) is 5.10 Å². The maximum absolute atomic E-state index is 4.35. The summed E-state index contributed by atoms with van der Waals surface area (Å²) in [6, 6.07) is 6.34. The van der Waals surface area contributed by atoms with Gasteiger partial charge >= 0.3 is 0 Å². The third-order valence-electron chi connectivity index (χ3n) is 2.44. The summed E-state index contributed by atoms with van der Waals surface area (Å²) >= 11 is 0. The zero-order chi connectivity index (χ0) is 9.97. The van der Waals surface area contributed by atoms with Crippen molar-refractivity contribution in [3.63, 3.8) is 0 Å². The first-order valence-corrected chi connectivity index (χ1v) is 4.94.